The summed E-state index contributed by atoms with van der Waals surface area (Å²) in [5, 5.41) is 9.50. The molecule has 2 aromatic carbocycles. The lowest BCUT2D eigenvalue weighted by molar-refractivity contribution is 0.0702. The predicted molar refractivity (Wildman–Crippen MR) is 99.5 cm³/mol. The van der Waals surface area contributed by atoms with Gasteiger partial charge in [0.25, 0.3) is 5.91 Å². The Balaban J connectivity index is 1.52. The number of nitrogens with zero attached hydrogens (tertiary/aromatic N) is 3. The lowest BCUT2D eigenvalue weighted by Gasteiger charge is -2.31. The molecule has 1 aliphatic rings. The van der Waals surface area contributed by atoms with Crippen LogP contribution in [0.2, 0.25) is 0 Å². The molecule has 0 radical (unpaired) electrons. The quantitative estimate of drug-likeness (QED) is 0.640. The van der Waals surface area contributed by atoms with Crippen LogP contribution in [0.1, 0.15) is 34.1 Å². The second-order valence-electron chi connectivity index (χ2n) is 6.64. The molecule has 4 rings (SSSR count). The lowest BCUT2D eigenvalue weighted by Crippen LogP contribution is -2.39. The topological polar surface area (TPSA) is 46.1 Å². The van der Waals surface area contributed by atoms with E-state index in [2.05, 4.69) is 10.2 Å². The third kappa shape index (κ3) is 3.64. The standard InChI is InChI=1S/C20H16F3N3OS/c21-15-6-2-1-5-14(15)20(27)26-9-3-4-13(11-26)19-25-24-18(28-19)12-7-8-16(22)17(23)10-12/h1-2,5-8,10,13H,3-4,9,11H2. The highest BCUT2D eigenvalue weighted by Gasteiger charge is 2.29. The molecule has 1 atom stereocenters. The SMILES string of the molecule is O=C(c1ccccc1F)N1CCCC(c2nnc(-c3ccc(F)c(F)c3)s2)C1. The molecule has 0 bridgehead atoms. The zero-order valence-corrected chi connectivity index (χ0v) is 15.6. The molecule has 1 fully saturated rings. The van der Waals surface area contributed by atoms with E-state index in [1.807, 2.05) is 0 Å². The van der Waals surface area contributed by atoms with Gasteiger partial charge in [-0.3, -0.25) is 4.79 Å². The molecule has 1 aliphatic heterocycles. The number of hydrogen-bond acceptors (Lipinski definition) is 4. The fraction of sp³-hybridized carbons (Fsp3) is 0.250. The van der Waals surface area contributed by atoms with Crippen molar-refractivity contribution >= 4 is 17.2 Å². The van der Waals surface area contributed by atoms with E-state index < -0.39 is 17.5 Å². The van der Waals surface area contributed by atoms with Crippen molar-refractivity contribution < 1.29 is 18.0 Å². The number of halogens is 3. The Kier molecular flexibility index (Phi) is 5.13. The summed E-state index contributed by atoms with van der Waals surface area (Å²) < 4.78 is 40.5. The largest absolute Gasteiger partial charge is 0.338 e. The van der Waals surface area contributed by atoms with Crippen LogP contribution in [0.25, 0.3) is 10.6 Å². The monoisotopic (exact) mass is 403 g/mol. The van der Waals surface area contributed by atoms with E-state index in [4.69, 9.17) is 0 Å². The van der Waals surface area contributed by atoms with Gasteiger partial charge in [-0.05, 0) is 43.2 Å². The number of rotatable bonds is 3. The maximum atomic E-state index is 13.9. The van der Waals surface area contributed by atoms with E-state index in [9.17, 15) is 18.0 Å². The number of carbonyl (C=O) groups is 1. The molecule has 0 saturated carbocycles. The fourth-order valence-corrected chi connectivity index (χ4v) is 4.28. The number of hydrogen-bond donors (Lipinski definition) is 0. The summed E-state index contributed by atoms with van der Waals surface area (Å²) >= 11 is 1.30. The van der Waals surface area contributed by atoms with Gasteiger partial charge in [-0.2, -0.15) is 0 Å². The second-order valence-corrected chi connectivity index (χ2v) is 7.65. The minimum Gasteiger partial charge on any atom is -0.338 e. The highest BCUT2D eigenvalue weighted by atomic mass is 32.1. The number of aromatic nitrogens is 2. The van der Waals surface area contributed by atoms with Gasteiger partial charge in [-0.1, -0.05) is 23.5 Å². The second kappa shape index (κ2) is 7.71. The van der Waals surface area contributed by atoms with Crippen LogP contribution < -0.4 is 0 Å². The van der Waals surface area contributed by atoms with Gasteiger partial charge in [-0.15, -0.1) is 10.2 Å². The van der Waals surface area contributed by atoms with Crippen LogP contribution in [0, 0.1) is 17.5 Å². The summed E-state index contributed by atoms with van der Waals surface area (Å²) in [4.78, 5) is 14.3. The Morgan fingerprint density at radius 2 is 1.86 bits per heavy atom. The van der Waals surface area contributed by atoms with Gasteiger partial charge in [0.05, 0.1) is 5.56 Å². The highest BCUT2D eigenvalue weighted by molar-refractivity contribution is 7.14. The smallest absolute Gasteiger partial charge is 0.256 e. The molecule has 1 saturated heterocycles. The van der Waals surface area contributed by atoms with Gasteiger partial charge in [-0.25, -0.2) is 13.2 Å². The zero-order chi connectivity index (χ0) is 19.7. The molecule has 0 N–H and O–H groups in total. The van der Waals surface area contributed by atoms with Crippen molar-refractivity contribution in [1.82, 2.24) is 15.1 Å². The summed E-state index contributed by atoms with van der Waals surface area (Å²) in [6, 6.07) is 9.54. The molecule has 1 amide bonds. The normalized spacial score (nSPS) is 17.0. The van der Waals surface area contributed by atoms with E-state index in [0.717, 1.165) is 30.0 Å². The Morgan fingerprint density at radius 3 is 2.64 bits per heavy atom. The van der Waals surface area contributed by atoms with E-state index in [0.29, 0.717) is 23.7 Å². The number of amides is 1. The summed E-state index contributed by atoms with van der Waals surface area (Å²) in [6.07, 6.45) is 1.60. The van der Waals surface area contributed by atoms with Gasteiger partial charge in [0.2, 0.25) is 0 Å². The van der Waals surface area contributed by atoms with Crippen molar-refractivity contribution in [3.63, 3.8) is 0 Å². The zero-order valence-electron chi connectivity index (χ0n) is 14.7. The van der Waals surface area contributed by atoms with Crippen LogP contribution in [-0.4, -0.2) is 34.1 Å². The Labute approximate surface area is 163 Å². The average Bonchev–Trinajstić information content (AvgIpc) is 3.20. The number of piperidine rings is 1. The van der Waals surface area contributed by atoms with Gasteiger partial charge in [0.1, 0.15) is 15.8 Å². The Hall–Kier alpha value is -2.74. The van der Waals surface area contributed by atoms with Crippen LogP contribution in [0.4, 0.5) is 13.2 Å². The molecular formula is C20H16F3N3OS. The minimum absolute atomic E-state index is 0.0268. The summed E-state index contributed by atoms with van der Waals surface area (Å²) in [6.45, 7) is 0.970. The minimum atomic E-state index is -0.937. The first-order chi connectivity index (χ1) is 13.5. The van der Waals surface area contributed by atoms with E-state index in [-0.39, 0.29) is 17.4 Å². The van der Waals surface area contributed by atoms with Crippen molar-refractivity contribution in [1.29, 1.82) is 0 Å². The molecule has 8 heteroatoms. The fourth-order valence-electron chi connectivity index (χ4n) is 3.31. The van der Waals surface area contributed by atoms with Crippen molar-refractivity contribution in [3.8, 4) is 10.6 Å². The van der Waals surface area contributed by atoms with Crippen LogP contribution in [0.5, 0.6) is 0 Å². The van der Waals surface area contributed by atoms with Gasteiger partial charge >= 0.3 is 0 Å². The van der Waals surface area contributed by atoms with E-state index >= 15 is 0 Å². The van der Waals surface area contributed by atoms with Crippen LogP contribution >= 0.6 is 11.3 Å². The molecule has 4 nitrogen and oxygen atoms in total. The number of likely N-dealkylation sites (tertiary alicyclic amines) is 1. The van der Waals surface area contributed by atoms with Gasteiger partial charge in [0, 0.05) is 24.6 Å². The number of carbonyl (C=O) groups excluding carboxylic acids is 1. The first kappa shape index (κ1) is 18.6. The Bertz CT molecular complexity index is 1020. The highest BCUT2D eigenvalue weighted by Crippen LogP contribution is 2.33. The maximum absolute atomic E-state index is 13.9. The number of benzene rings is 2. The van der Waals surface area contributed by atoms with Crippen molar-refractivity contribution in [2.45, 2.75) is 18.8 Å². The van der Waals surface area contributed by atoms with Crippen LogP contribution in [-0.2, 0) is 0 Å². The maximum Gasteiger partial charge on any atom is 0.256 e. The third-order valence-corrected chi connectivity index (χ3v) is 5.90. The Morgan fingerprint density at radius 1 is 1.04 bits per heavy atom. The molecule has 2 heterocycles. The molecule has 28 heavy (non-hydrogen) atoms. The van der Waals surface area contributed by atoms with E-state index in [1.54, 1.807) is 17.0 Å². The van der Waals surface area contributed by atoms with Gasteiger partial charge < -0.3 is 4.90 Å². The van der Waals surface area contributed by atoms with Crippen molar-refractivity contribution in [2.75, 3.05) is 13.1 Å². The summed E-state index contributed by atoms with van der Waals surface area (Å²) in [7, 11) is 0. The summed E-state index contributed by atoms with van der Waals surface area (Å²) in [5.74, 6) is -2.75. The molecule has 0 aliphatic carbocycles. The molecule has 3 aromatic rings. The van der Waals surface area contributed by atoms with Crippen molar-refractivity contribution in [2.24, 2.45) is 0 Å². The average molecular weight is 403 g/mol. The molecular weight excluding hydrogens is 387 g/mol. The van der Waals surface area contributed by atoms with Gasteiger partial charge in [0.15, 0.2) is 11.6 Å². The summed E-state index contributed by atoms with van der Waals surface area (Å²) in [5.41, 5.74) is 0.514. The lowest BCUT2D eigenvalue weighted by atomic mass is 9.98. The first-order valence-electron chi connectivity index (χ1n) is 8.85. The van der Waals surface area contributed by atoms with Crippen molar-refractivity contribution in [3.05, 3.63) is 70.5 Å². The third-order valence-electron chi connectivity index (χ3n) is 4.77. The molecule has 1 unspecified atom stereocenters. The van der Waals surface area contributed by atoms with E-state index in [1.165, 1.54) is 29.5 Å². The van der Waals surface area contributed by atoms with Crippen LogP contribution in [0.3, 0.4) is 0 Å². The first-order valence-corrected chi connectivity index (χ1v) is 9.67. The predicted octanol–water partition coefficient (Wildman–Crippen LogP) is 4.64. The molecule has 1 aromatic heterocycles. The molecule has 0 spiro atoms. The van der Waals surface area contributed by atoms with Crippen LogP contribution in [0.15, 0.2) is 42.5 Å². The molecule has 144 valence electrons.